The van der Waals surface area contributed by atoms with E-state index in [2.05, 4.69) is 0 Å². The molecule has 0 aliphatic carbocycles. The van der Waals surface area contributed by atoms with Crippen molar-refractivity contribution in [2.45, 2.75) is 52.2 Å². The average Bonchev–Trinajstić information content (AvgIpc) is 2.55. The summed E-state index contributed by atoms with van der Waals surface area (Å²) in [4.78, 5) is 23.2. The van der Waals surface area contributed by atoms with Crippen LogP contribution in [-0.4, -0.2) is 30.6 Å². The molecule has 16 heavy (non-hydrogen) atoms. The van der Waals surface area contributed by atoms with Gasteiger partial charge in [-0.1, -0.05) is 13.8 Å². The van der Waals surface area contributed by atoms with E-state index >= 15 is 0 Å². The predicted octanol–water partition coefficient (Wildman–Crippen LogP) is 1.71. The Morgan fingerprint density at radius 1 is 1.31 bits per heavy atom. The minimum atomic E-state index is -0.589. The molecule has 1 saturated heterocycles. The van der Waals surface area contributed by atoms with Gasteiger partial charge in [-0.15, -0.1) is 0 Å². The van der Waals surface area contributed by atoms with Crippen molar-refractivity contribution in [3.63, 3.8) is 0 Å². The van der Waals surface area contributed by atoms with Gasteiger partial charge >= 0.3 is 5.97 Å². The van der Waals surface area contributed by atoms with Crippen LogP contribution in [0.15, 0.2) is 0 Å². The van der Waals surface area contributed by atoms with Gasteiger partial charge in [0.2, 0.25) is 0 Å². The second-order valence-corrected chi connectivity index (χ2v) is 4.00. The zero-order valence-electron chi connectivity index (χ0n) is 10.2. The average molecular weight is 228 g/mol. The summed E-state index contributed by atoms with van der Waals surface area (Å²) < 4.78 is 10.4. The van der Waals surface area contributed by atoms with E-state index in [1.807, 2.05) is 13.8 Å². The summed E-state index contributed by atoms with van der Waals surface area (Å²) in [6.45, 7) is 6.06. The van der Waals surface area contributed by atoms with Crippen molar-refractivity contribution in [1.82, 2.24) is 0 Å². The second-order valence-electron chi connectivity index (χ2n) is 4.00. The second kappa shape index (κ2) is 5.99. The summed E-state index contributed by atoms with van der Waals surface area (Å²) in [5.41, 5.74) is 0. The molecule has 0 radical (unpaired) electrons. The molecule has 1 aliphatic rings. The fourth-order valence-electron chi connectivity index (χ4n) is 2.16. The van der Waals surface area contributed by atoms with E-state index < -0.39 is 6.10 Å². The van der Waals surface area contributed by atoms with Gasteiger partial charge in [-0.05, 0) is 19.8 Å². The Morgan fingerprint density at radius 2 is 2.00 bits per heavy atom. The van der Waals surface area contributed by atoms with Gasteiger partial charge in [-0.2, -0.15) is 0 Å². The molecule has 0 aromatic heterocycles. The first kappa shape index (κ1) is 13.2. The smallest absolute Gasteiger partial charge is 0.308 e. The zero-order chi connectivity index (χ0) is 12.1. The monoisotopic (exact) mass is 228 g/mol. The van der Waals surface area contributed by atoms with Gasteiger partial charge in [0.15, 0.2) is 5.78 Å². The van der Waals surface area contributed by atoms with E-state index in [-0.39, 0.29) is 30.2 Å². The Morgan fingerprint density at radius 3 is 2.44 bits per heavy atom. The maximum absolute atomic E-state index is 11.9. The molecule has 1 heterocycles. The first-order chi connectivity index (χ1) is 7.63. The number of hydrogen-bond acceptors (Lipinski definition) is 4. The van der Waals surface area contributed by atoms with Crippen LogP contribution in [0.2, 0.25) is 0 Å². The summed E-state index contributed by atoms with van der Waals surface area (Å²) in [5, 5.41) is 0. The maximum Gasteiger partial charge on any atom is 0.308 e. The van der Waals surface area contributed by atoms with Gasteiger partial charge in [0, 0.05) is 5.92 Å². The largest absolute Gasteiger partial charge is 0.466 e. The van der Waals surface area contributed by atoms with Crippen LogP contribution in [0, 0.1) is 5.92 Å². The van der Waals surface area contributed by atoms with Crippen LogP contribution in [0.4, 0.5) is 0 Å². The highest BCUT2D eigenvalue weighted by atomic mass is 16.5. The molecule has 0 bridgehead atoms. The molecular weight excluding hydrogens is 208 g/mol. The molecule has 4 heteroatoms. The van der Waals surface area contributed by atoms with E-state index in [1.54, 1.807) is 6.92 Å². The molecule has 0 amide bonds. The standard InChI is InChI=1S/C12H20O4/c1-4-8-9(5-2)16-10(12(8)14)7-11(13)15-6-3/h8-10H,4-7H2,1-3H3. The lowest BCUT2D eigenvalue weighted by atomic mass is 9.93. The van der Waals surface area contributed by atoms with Gasteiger partial charge in [-0.25, -0.2) is 0 Å². The third-order valence-electron chi connectivity index (χ3n) is 2.97. The SMILES string of the molecule is CCOC(=O)CC1OC(CC)C(CC)C1=O. The number of carbonyl (C=O) groups is 2. The molecule has 1 aliphatic heterocycles. The Balaban J connectivity index is 2.56. The van der Waals surface area contributed by atoms with Crippen molar-refractivity contribution in [3.05, 3.63) is 0 Å². The number of ketones is 1. The van der Waals surface area contributed by atoms with Crippen molar-refractivity contribution in [3.8, 4) is 0 Å². The molecule has 1 fully saturated rings. The molecular formula is C12H20O4. The van der Waals surface area contributed by atoms with Crippen LogP contribution in [0.25, 0.3) is 0 Å². The number of ether oxygens (including phenoxy) is 2. The molecule has 0 spiro atoms. The number of carbonyl (C=O) groups excluding carboxylic acids is 2. The third kappa shape index (κ3) is 2.82. The fraction of sp³-hybridized carbons (Fsp3) is 0.833. The van der Waals surface area contributed by atoms with E-state index in [0.29, 0.717) is 6.61 Å². The highest BCUT2D eigenvalue weighted by molar-refractivity contribution is 5.91. The van der Waals surface area contributed by atoms with E-state index in [1.165, 1.54) is 0 Å². The Hall–Kier alpha value is -0.900. The summed E-state index contributed by atoms with van der Waals surface area (Å²) >= 11 is 0. The Bertz CT molecular complexity index is 262. The van der Waals surface area contributed by atoms with Crippen molar-refractivity contribution < 1.29 is 19.1 Å². The van der Waals surface area contributed by atoms with E-state index in [4.69, 9.17) is 9.47 Å². The normalized spacial score (nSPS) is 29.4. The molecule has 1 rings (SSSR count). The molecule has 3 atom stereocenters. The zero-order valence-corrected chi connectivity index (χ0v) is 10.2. The lowest BCUT2D eigenvalue weighted by molar-refractivity contribution is -0.148. The van der Waals surface area contributed by atoms with Crippen LogP contribution < -0.4 is 0 Å². The number of hydrogen-bond donors (Lipinski definition) is 0. The molecule has 0 aromatic rings. The van der Waals surface area contributed by atoms with Gasteiger partial charge in [0.25, 0.3) is 0 Å². The van der Waals surface area contributed by atoms with Crippen molar-refractivity contribution in [1.29, 1.82) is 0 Å². The Labute approximate surface area is 96.3 Å². The minimum Gasteiger partial charge on any atom is -0.466 e. The van der Waals surface area contributed by atoms with Crippen molar-refractivity contribution in [2.24, 2.45) is 5.92 Å². The summed E-state index contributed by atoms with van der Waals surface area (Å²) in [5.74, 6) is -0.348. The van der Waals surface area contributed by atoms with E-state index in [0.717, 1.165) is 12.8 Å². The lowest BCUT2D eigenvalue weighted by Crippen LogP contribution is -2.24. The first-order valence-electron chi connectivity index (χ1n) is 5.98. The summed E-state index contributed by atoms with van der Waals surface area (Å²) in [6.07, 6.45) is 1.02. The van der Waals surface area contributed by atoms with Gasteiger partial charge in [0.1, 0.15) is 6.10 Å². The van der Waals surface area contributed by atoms with Crippen LogP contribution in [0.1, 0.15) is 40.0 Å². The molecule has 0 saturated carbocycles. The third-order valence-corrected chi connectivity index (χ3v) is 2.97. The highest BCUT2D eigenvalue weighted by Crippen LogP contribution is 2.29. The number of esters is 1. The highest BCUT2D eigenvalue weighted by Gasteiger charge is 2.42. The minimum absolute atomic E-state index is 0.0306. The summed E-state index contributed by atoms with van der Waals surface area (Å²) in [7, 11) is 0. The molecule has 92 valence electrons. The first-order valence-corrected chi connectivity index (χ1v) is 5.98. The molecule has 0 N–H and O–H groups in total. The van der Waals surface area contributed by atoms with E-state index in [9.17, 15) is 9.59 Å². The van der Waals surface area contributed by atoms with Gasteiger partial charge < -0.3 is 9.47 Å². The van der Waals surface area contributed by atoms with Gasteiger partial charge in [-0.3, -0.25) is 9.59 Å². The number of Topliss-reactive ketones (excluding diaryl/α,β-unsaturated/α-hetero) is 1. The lowest BCUT2D eigenvalue weighted by Gasteiger charge is -2.12. The Kier molecular flexibility index (Phi) is 4.93. The quantitative estimate of drug-likeness (QED) is 0.672. The van der Waals surface area contributed by atoms with Crippen molar-refractivity contribution >= 4 is 11.8 Å². The molecule has 4 nitrogen and oxygen atoms in total. The maximum atomic E-state index is 11.9. The van der Waals surface area contributed by atoms with Crippen molar-refractivity contribution in [2.75, 3.05) is 6.61 Å². The molecule has 3 unspecified atom stereocenters. The fourth-order valence-corrected chi connectivity index (χ4v) is 2.16. The predicted molar refractivity (Wildman–Crippen MR) is 59.0 cm³/mol. The van der Waals surface area contributed by atoms with Crippen LogP contribution in [0.3, 0.4) is 0 Å². The molecule has 0 aromatic carbocycles. The van der Waals surface area contributed by atoms with Gasteiger partial charge in [0.05, 0.1) is 19.1 Å². The van der Waals surface area contributed by atoms with Crippen LogP contribution >= 0.6 is 0 Å². The van der Waals surface area contributed by atoms with Crippen LogP contribution in [0.5, 0.6) is 0 Å². The summed E-state index contributed by atoms with van der Waals surface area (Å²) in [6, 6.07) is 0. The topological polar surface area (TPSA) is 52.6 Å². The number of rotatable bonds is 5. The van der Waals surface area contributed by atoms with Crippen LogP contribution in [-0.2, 0) is 19.1 Å².